The van der Waals surface area contributed by atoms with Crippen molar-refractivity contribution in [1.82, 2.24) is 5.32 Å². The molecule has 0 saturated carbocycles. The summed E-state index contributed by atoms with van der Waals surface area (Å²) in [5, 5.41) is 11.0. The Hall–Kier alpha value is -1.89. The molecule has 1 amide bonds. The van der Waals surface area contributed by atoms with Crippen LogP contribution in [-0.4, -0.2) is 37.2 Å². The number of carbonyl (C=O) groups excluding carboxylic acids is 1. The standard InChI is InChI=1S/C13H17NO5S/c1-9-4-3-5-11(6-9)7-20(18,19)8-12(13(16)17)14-10(2)15/h3-6,12H,7-8H2,1-2H3,(H,14,15)(H,16,17). The van der Waals surface area contributed by atoms with Gasteiger partial charge in [0, 0.05) is 6.92 Å². The molecule has 0 heterocycles. The van der Waals surface area contributed by atoms with Crippen molar-refractivity contribution in [2.24, 2.45) is 0 Å². The van der Waals surface area contributed by atoms with Gasteiger partial charge in [-0.25, -0.2) is 13.2 Å². The third kappa shape index (κ3) is 5.40. The summed E-state index contributed by atoms with van der Waals surface area (Å²) in [5.41, 5.74) is 1.52. The Morgan fingerprint density at radius 2 is 2.00 bits per heavy atom. The average Bonchev–Trinajstić information content (AvgIpc) is 2.26. The summed E-state index contributed by atoms with van der Waals surface area (Å²) in [5.74, 6) is -2.83. The molecule has 0 spiro atoms. The second kappa shape index (κ2) is 6.51. The molecule has 0 aliphatic carbocycles. The van der Waals surface area contributed by atoms with Gasteiger partial charge in [-0.2, -0.15) is 0 Å². The van der Waals surface area contributed by atoms with Crippen LogP contribution in [0.4, 0.5) is 0 Å². The first-order valence-electron chi connectivity index (χ1n) is 5.95. The Morgan fingerprint density at radius 1 is 1.35 bits per heavy atom. The van der Waals surface area contributed by atoms with Gasteiger partial charge < -0.3 is 10.4 Å². The zero-order valence-electron chi connectivity index (χ0n) is 11.3. The van der Waals surface area contributed by atoms with E-state index in [1.165, 1.54) is 0 Å². The zero-order valence-corrected chi connectivity index (χ0v) is 12.1. The fraction of sp³-hybridized carbons (Fsp3) is 0.385. The molecule has 20 heavy (non-hydrogen) atoms. The van der Waals surface area contributed by atoms with Crippen LogP contribution in [0.2, 0.25) is 0 Å². The fourth-order valence-electron chi connectivity index (χ4n) is 1.79. The van der Waals surface area contributed by atoms with Crippen LogP contribution in [0.3, 0.4) is 0 Å². The van der Waals surface area contributed by atoms with E-state index < -0.39 is 33.5 Å². The normalized spacial score (nSPS) is 12.7. The van der Waals surface area contributed by atoms with Crippen LogP contribution in [0.1, 0.15) is 18.1 Å². The molecule has 7 heteroatoms. The van der Waals surface area contributed by atoms with Crippen LogP contribution in [0.15, 0.2) is 24.3 Å². The minimum atomic E-state index is -3.64. The van der Waals surface area contributed by atoms with Crippen LogP contribution >= 0.6 is 0 Å². The van der Waals surface area contributed by atoms with E-state index in [-0.39, 0.29) is 5.75 Å². The number of aryl methyl sites for hydroxylation is 1. The lowest BCUT2D eigenvalue weighted by Gasteiger charge is -2.13. The molecule has 1 rings (SSSR count). The van der Waals surface area contributed by atoms with E-state index in [0.717, 1.165) is 12.5 Å². The molecule has 0 saturated heterocycles. The van der Waals surface area contributed by atoms with Crippen molar-refractivity contribution in [2.45, 2.75) is 25.6 Å². The van der Waals surface area contributed by atoms with Gasteiger partial charge in [0.25, 0.3) is 0 Å². The number of benzene rings is 1. The Balaban J connectivity index is 2.82. The fourth-order valence-corrected chi connectivity index (χ4v) is 3.33. The van der Waals surface area contributed by atoms with Crippen LogP contribution in [0.25, 0.3) is 0 Å². The Morgan fingerprint density at radius 3 is 2.50 bits per heavy atom. The minimum Gasteiger partial charge on any atom is -0.480 e. The predicted molar refractivity (Wildman–Crippen MR) is 73.9 cm³/mol. The van der Waals surface area contributed by atoms with Crippen LogP contribution in [0, 0.1) is 6.92 Å². The number of carboxylic acid groups (broad SMARTS) is 1. The van der Waals surface area contributed by atoms with E-state index in [0.29, 0.717) is 5.56 Å². The van der Waals surface area contributed by atoms with Crippen molar-refractivity contribution in [1.29, 1.82) is 0 Å². The van der Waals surface area contributed by atoms with E-state index in [9.17, 15) is 18.0 Å². The van der Waals surface area contributed by atoms with Gasteiger partial charge in [-0.1, -0.05) is 29.8 Å². The lowest BCUT2D eigenvalue weighted by atomic mass is 10.2. The third-order valence-corrected chi connectivity index (χ3v) is 4.18. The second-order valence-corrected chi connectivity index (χ2v) is 6.74. The highest BCUT2D eigenvalue weighted by Crippen LogP contribution is 2.10. The van der Waals surface area contributed by atoms with Gasteiger partial charge in [0.2, 0.25) is 5.91 Å². The number of carbonyl (C=O) groups is 2. The number of hydrogen-bond acceptors (Lipinski definition) is 4. The predicted octanol–water partition coefficient (Wildman–Crippen LogP) is 0.499. The summed E-state index contributed by atoms with van der Waals surface area (Å²) in [6.45, 7) is 2.98. The summed E-state index contributed by atoms with van der Waals surface area (Å²) in [6.07, 6.45) is 0. The highest BCUT2D eigenvalue weighted by Gasteiger charge is 2.26. The van der Waals surface area contributed by atoms with Crippen molar-refractivity contribution < 1.29 is 23.1 Å². The molecule has 0 bridgehead atoms. The molecule has 1 aromatic rings. The van der Waals surface area contributed by atoms with Crippen LogP contribution < -0.4 is 5.32 Å². The number of aliphatic carboxylic acids is 1. The van der Waals surface area contributed by atoms with E-state index >= 15 is 0 Å². The third-order valence-electron chi connectivity index (χ3n) is 2.57. The van der Waals surface area contributed by atoms with Crippen molar-refractivity contribution >= 4 is 21.7 Å². The maximum Gasteiger partial charge on any atom is 0.327 e. The Bertz CT molecular complexity index is 609. The van der Waals surface area contributed by atoms with E-state index in [2.05, 4.69) is 5.32 Å². The minimum absolute atomic E-state index is 0.252. The second-order valence-electron chi connectivity index (χ2n) is 4.63. The highest BCUT2D eigenvalue weighted by molar-refractivity contribution is 7.90. The van der Waals surface area contributed by atoms with Gasteiger partial charge >= 0.3 is 5.97 Å². The molecule has 6 nitrogen and oxygen atoms in total. The van der Waals surface area contributed by atoms with E-state index in [1.54, 1.807) is 18.2 Å². The first kappa shape index (κ1) is 16.2. The van der Waals surface area contributed by atoms with Gasteiger partial charge in [-0.05, 0) is 12.5 Å². The molecule has 0 aliphatic heterocycles. The summed E-state index contributed by atoms with van der Waals surface area (Å²) in [6, 6.07) is 5.54. The topological polar surface area (TPSA) is 101 Å². The molecule has 1 atom stereocenters. The maximum atomic E-state index is 12.0. The monoisotopic (exact) mass is 299 g/mol. The maximum absolute atomic E-state index is 12.0. The van der Waals surface area contributed by atoms with E-state index in [4.69, 9.17) is 5.11 Å². The largest absolute Gasteiger partial charge is 0.480 e. The van der Waals surface area contributed by atoms with Crippen molar-refractivity contribution in [2.75, 3.05) is 5.75 Å². The van der Waals surface area contributed by atoms with Crippen LogP contribution in [-0.2, 0) is 25.2 Å². The number of rotatable bonds is 6. The lowest BCUT2D eigenvalue weighted by Crippen LogP contribution is -2.44. The number of carboxylic acids is 1. The molecule has 2 N–H and O–H groups in total. The van der Waals surface area contributed by atoms with Gasteiger partial charge in [0.15, 0.2) is 9.84 Å². The molecule has 0 fully saturated rings. The summed E-state index contributed by atoms with van der Waals surface area (Å²) in [7, 11) is -3.64. The number of nitrogens with one attached hydrogen (secondary N) is 1. The lowest BCUT2D eigenvalue weighted by molar-refractivity contribution is -0.140. The quantitative estimate of drug-likeness (QED) is 0.796. The summed E-state index contributed by atoms with van der Waals surface area (Å²) >= 11 is 0. The highest BCUT2D eigenvalue weighted by atomic mass is 32.2. The smallest absolute Gasteiger partial charge is 0.327 e. The zero-order chi connectivity index (χ0) is 15.3. The van der Waals surface area contributed by atoms with Gasteiger partial charge in [0.1, 0.15) is 6.04 Å². The molecular weight excluding hydrogens is 282 g/mol. The first-order valence-corrected chi connectivity index (χ1v) is 7.77. The molecule has 110 valence electrons. The van der Waals surface area contributed by atoms with Crippen molar-refractivity contribution in [3.63, 3.8) is 0 Å². The number of amides is 1. The molecule has 1 unspecified atom stereocenters. The average molecular weight is 299 g/mol. The first-order chi connectivity index (χ1) is 9.19. The SMILES string of the molecule is CC(=O)NC(CS(=O)(=O)Cc1cccc(C)c1)C(=O)O. The van der Waals surface area contributed by atoms with E-state index in [1.807, 2.05) is 13.0 Å². The molecule has 0 aliphatic rings. The Kier molecular flexibility index (Phi) is 5.26. The van der Waals surface area contributed by atoms with Crippen molar-refractivity contribution in [3.8, 4) is 0 Å². The van der Waals surface area contributed by atoms with Gasteiger partial charge in [-0.3, -0.25) is 4.79 Å². The van der Waals surface area contributed by atoms with Gasteiger partial charge in [0.05, 0.1) is 11.5 Å². The molecular formula is C13H17NO5S. The van der Waals surface area contributed by atoms with Crippen LogP contribution in [0.5, 0.6) is 0 Å². The molecule has 0 aromatic heterocycles. The number of hydrogen-bond donors (Lipinski definition) is 2. The summed E-state index contributed by atoms with van der Waals surface area (Å²) < 4.78 is 24.0. The van der Waals surface area contributed by atoms with Crippen molar-refractivity contribution in [3.05, 3.63) is 35.4 Å². The molecule has 0 radical (unpaired) electrons. The molecule has 1 aromatic carbocycles. The number of sulfone groups is 1. The Labute approximate surface area is 117 Å². The summed E-state index contributed by atoms with van der Waals surface area (Å²) in [4.78, 5) is 21.8. The van der Waals surface area contributed by atoms with Gasteiger partial charge in [-0.15, -0.1) is 0 Å².